The molecule has 74 valence electrons. The maximum Gasteiger partial charge on any atom is 0.308 e. The predicted octanol–water partition coefficient (Wildman–Crippen LogP) is 1.60. The van der Waals surface area contributed by atoms with E-state index in [1.807, 2.05) is 6.07 Å². The number of imidazole rings is 1. The number of nitrogens with two attached hydrogens (primary N) is 1. The van der Waals surface area contributed by atoms with Gasteiger partial charge in [-0.05, 0) is 12.1 Å². The zero-order chi connectivity index (χ0) is 10.3. The number of nitrogens with zero attached hydrogens (tertiary/aromatic N) is 3. The Hall–Kier alpha value is -2.30. The highest BCUT2D eigenvalue weighted by atomic mass is 16.4. The minimum Gasteiger partial charge on any atom is -0.423 e. The molecule has 5 heteroatoms. The van der Waals surface area contributed by atoms with Gasteiger partial charge in [-0.3, -0.25) is 4.57 Å². The maximum absolute atomic E-state index is 5.64. The third-order valence-electron chi connectivity index (χ3n) is 2.13. The largest absolute Gasteiger partial charge is 0.423 e. The van der Waals surface area contributed by atoms with E-state index in [9.17, 15) is 0 Å². The van der Waals surface area contributed by atoms with E-state index in [-0.39, 0.29) is 0 Å². The molecule has 5 nitrogen and oxygen atoms in total. The Morgan fingerprint density at radius 3 is 3.07 bits per heavy atom. The van der Waals surface area contributed by atoms with Gasteiger partial charge in [-0.25, -0.2) is 4.98 Å². The fraction of sp³-hybridized carbons (Fsp3) is 0. The SMILES string of the molecule is Nc1ccc2nc(-n3ccnc3)oc2c1. The molecule has 0 fully saturated rings. The molecule has 0 aliphatic heterocycles. The second-order valence-corrected chi connectivity index (χ2v) is 3.19. The van der Waals surface area contributed by atoms with Crippen LogP contribution in [0.4, 0.5) is 5.69 Å². The molecule has 3 aromatic rings. The molecule has 0 amide bonds. The van der Waals surface area contributed by atoms with Crippen LogP contribution in [0.15, 0.2) is 41.3 Å². The Balaban J connectivity index is 2.22. The van der Waals surface area contributed by atoms with E-state index in [1.54, 1.807) is 35.4 Å². The van der Waals surface area contributed by atoms with Gasteiger partial charge in [0.25, 0.3) is 0 Å². The molecule has 0 radical (unpaired) electrons. The Kier molecular flexibility index (Phi) is 1.53. The smallest absolute Gasteiger partial charge is 0.308 e. The normalized spacial score (nSPS) is 10.9. The van der Waals surface area contributed by atoms with E-state index in [1.165, 1.54) is 0 Å². The van der Waals surface area contributed by atoms with E-state index < -0.39 is 0 Å². The molecule has 2 heterocycles. The van der Waals surface area contributed by atoms with Crippen molar-refractivity contribution in [3.63, 3.8) is 0 Å². The summed E-state index contributed by atoms with van der Waals surface area (Å²) in [7, 11) is 0. The lowest BCUT2D eigenvalue weighted by Crippen LogP contribution is -1.88. The summed E-state index contributed by atoms with van der Waals surface area (Å²) in [6.07, 6.45) is 5.07. The fourth-order valence-corrected chi connectivity index (χ4v) is 1.41. The molecule has 0 saturated heterocycles. The highest BCUT2D eigenvalue weighted by Gasteiger charge is 2.06. The van der Waals surface area contributed by atoms with Crippen LogP contribution in [-0.2, 0) is 0 Å². The average Bonchev–Trinajstić information content (AvgIpc) is 2.84. The lowest BCUT2D eigenvalue weighted by atomic mass is 10.3. The van der Waals surface area contributed by atoms with Gasteiger partial charge in [0, 0.05) is 24.1 Å². The van der Waals surface area contributed by atoms with Crippen LogP contribution in [0, 0.1) is 0 Å². The van der Waals surface area contributed by atoms with E-state index in [0.29, 0.717) is 17.3 Å². The van der Waals surface area contributed by atoms with Gasteiger partial charge in [-0.2, -0.15) is 4.98 Å². The summed E-state index contributed by atoms with van der Waals surface area (Å²) in [6.45, 7) is 0. The molecule has 0 spiro atoms. The molecule has 2 aromatic heterocycles. The number of fused-ring (bicyclic) bond motifs is 1. The highest BCUT2D eigenvalue weighted by molar-refractivity contribution is 5.77. The molecule has 1 aromatic carbocycles. The molecule has 2 N–H and O–H groups in total. The van der Waals surface area contributed by atoms with E-state index in [2.05, 4.69) is 9.97 Å². The number of oxazole rings is 1. The zero-order valence-electron chi connectivity index (χ0n) is 7.79. The van der Waals surface area contributed by atoms with Gasteiger partial charge in [-0.1, -0.05) is 0 Å². The summed E-state index contributed by atoms with van der Waals surface area (Å²) in [4.78, 5) is 8.22. The Morgan fingerprint density at radius 2 is 2.27 bits per heavy atom. The quantitative estimate of drug-likeness (QED) is 0.605. The Bertz CT molecular complexity index is 597. The second-order valence-electron chi connectivity index (χ2n) is 3.19. The first kappa shape index (κ1) is 8.05. The summed E-state index contributed by atoms with van der Waals surface area (Å²) in [5.74, 6) is 0. The van der Waals surface area contributed by atoms with Crippen molar-refractivity contribution >= 4 is 16.8 Å². The molecule has 15 heavy (non-hydrogen) atoms. The van der Waals surface area contributed by atoms with Gasteiger partial charge in [0.2, 0.25) is 0 Å². The number of anilines is 1. The summed E-state index contributed by atoms with van der Waals surface area (Å²) in [5.41, 5.74) is 7.77. The molecular formula is C10H8N4O. The topological polar surface area (TPSA) is 69.9 Å². The van der Waals surface area contributed by atoms with Crippen LogP contribution in [0.2, 0.25) is 0 Å². The Labute approximate surface area is 85.2 Å². The number of aromatic nitrogens is 3. The van der Waals surface area contributed by atoms with Crippen molar-refractivity contribution in [2.45, 2.75) is 0 Å². The van der Waals surface area contributed by atoms with Gasteiger partial charge in [0.15, 0.2) is 5.58 Å². The van der Waals surface area contributed by atoms with Crippen molar-refractivity contribution in [2.75, 3.05) is 5.73 Å². The van der Waals surface area contributed by atoms with Crippen LogP contribution in [0.25, 0.3) is 17.1 Å². The van der Waals surface area contributed by atoms with Crippen LogP contribution < -0.4 is 5.73 Å². The van der Waals surface area contributed by atoms with Gasteiger partial charge in [0.05, 0.1) is 0 Å². The third kappa shape index (κ3) is 1.25. The summed E-state index contributed by atoms with van der Waals surface area (Å²) in [5, 5.41) is 0. The van der Waals surface area contributed by atoms with E-state index >= 15 is 0 Å². The van der Waals surface area contributed by atoms with Crippen molar-refractivity contribution in [2.24, 2.45) is 0 Å². The summed E-state index contributed by atoms with van der Waals surface area (Å²) < 4.78 is 7.23. The minimum atomic E-state index is 0.494. The minimum absolute atomic E-state index is 0.494. The fourth-order valence-electron chi connectivity index (χ4n) is 1.41. The van der Waals surface area contributed by atoms with Gasteiger partial charge < -0.3 is 10.2 Å². The highest BCUT2D eigenvalue weighted by Crippen LogP contribution is 2.20. The van der Waals surface area contributed by atoms with Gasteiger partial charge in [-0.15, -0.1) is 0 Å². The predicted molar refractivity (Wildman–Crippen MR) is 55.5 cm³/mol. The van der Waals surface area contributed by atoms with Gasteiger partial charge in [0.1, 0.15) is 11.8 Å². The molecule has 3 rings (SSSR count). The lowest BCUT2D eigenvalue weighted by molar-refractivity contribution is 0.564. The number of benzene rings is 1. The van der Waals surface area contributed by atoms with E-state index in [4.69, 9.17) is 10.2 Å². The summed E-state index contributed by atoms with van der Waals surface area (Å²) in [6, 6.07) is 5.87. The van der Waals surface area contributed by atoms with Crippen molar-refractivity contribution in [1.82, 2.24) is 14.5 Å². The molecule has 0 aliphatic rings. The molecule has 0 bridgehead atoms. The standard InChI is InChI=1S/C10H8N4O/c11-7-1-2-8-9(5-7)15-10(13-8)14-4-3-12-6-14/h1-6H,11H2. The van der Waals surface area contributed by atoms with Crippen LogP contribution in [0.3, 0.4) is 0 Å². The van der Waals surface area contributed by atoms with Crippen molar-refractivity contribution in [3.8, 4) is 6.01 Å². The third-order valence-corrected chi connectivity index (χ3v) is 2.13. The molecular weight excluding hydrogens is 192 g/mol. The first-order chi connectivity index (χ1) is 7.33. The first-order valence-electron chi connectivity index (χ1n) is 4.47. The summed E-state index contributed by atoms with van der Waals surface area (Å²) >= 11 is 0. The van der Waals surface area contributed by atoms with Crippen LogP contribution >= 0.6 is 0 Å². The van der Waals surface area contributed by atoms with Crippen LogP contribution in [0.5, 0.6) is 0 Å². The number of nitrogen functional groups attached to an aromatic ring is 1. The molecule has 0 atom stereocenters. The average molecular weight is 200 g/mol. The number of hydrogen-bond donors (Lipinski definition) is 1. The zero-order valence-corrected chi connectivity index (χ0v) is 7.79. The number of hydrogen-bond acceptors (Lipinski definition) is 4. The van der Waals surface area contributed by atoms with Crippen LogP contribution in [-0.4, -0.2) is 14.5 Å². The van der Waals surface area contributed by atoms with E-state index in [0.717, 1.165) is 5.52 Å². The Morgan fingerprint density at radius 1 is 1.33 bits per heavy atom. The van der Waals surface area contributed by atoms with Crippen molar-refractivity contribution in [3.05, 3.63) is 36.9 Å². The first-order valence-corrected chi connectivity index (χ1v) is 4.47. The second kappa shape index (κ2) is 2.84. The molecule has 0 unspecified atom stereocenters. The number of rotatable bonds is 1. The van der Waals surface area contributed by atoms with Crippen molar-refractivity contribution in [1.29, 1.82) is 0 Å². The molecule has 0 saturated carbocycles. The van der Waals surface area contributed by atoms with Crippen LogP contribution in [0.1, 0.15) is 0 Å². The maximum atomic E-state index is 5.64. The van der Waals surface area contributed by atoms with Gasteiger partial charge >= 0.3 is 6.01 Å². The monoisotopic (exact) mass is 200 g/mol. The van der Waals surface area contributed by atoms with Crippen molar-refractivity contribution < 1.29 is 4.42 Å². The lowest BCUT2D eigenvalue weighted by Gasteiger charge is -1.90. The molecule has 0 aliphatic carbocycles.